The second-order valence-electron chi connectivity index (χ2n) is 4.69. The van der Waals surface area contributed by atoms with E-state index >= 15 is 0 Å². The first-order valence-electron chi connectivity index (χ1n) is 6.16. The van der Waals surface area contributed by atoms with E-state index in [0.29, 0.717) is 18.2 Å². The summed E-state index contributed by atoms with van der Waals surface area (Å²) in [6.45, 7) is 0. The molecule has 0 saturated carbocycles. The molecule has 0 aliphatic carbocycles. The van der Waals surface area contributed by atoms with Crippen LogP contribution in [0.1, 0.15) is 11.1 Å². The Labute approximate surface area is 133 Å². The zero-order chi connectivity index (χ0) is 18.3. The van der Waals surface area contributed by atoms with Gasteiger partial charge >= 0.3 is 12.4 Å². The Kier molecular flexibility index (Phi) is 4.62. The molecule has 0 aliphatic rings. The van der Waals surface area contributed by atoms with Crippen molar-refractivity contribution in [1.29, 1.82) is 0 Å². The van der Waals surface area contributed by atoms with E-state index in [1.54, 1.807) is 0 Å². The maximum absolute atomic E-state index is 13.4. The summed E-state index contributed by atoms with van der Waals surface area (Å²) in [4.78, 5) is -1.06. The topological polar surface area (TPSA) is 43.1 Å². The molecule has 24 heavy (non-hydrogen) atoms. The van der Waals surface area contributed by atoms with Gasteiger partial charge in [0, 0.05) is 9.79 Å². The molecule has 1 atom stereocenters. The Balaban J connectivity index is 2.60. The minimum Gasteiger partial charge on any atom is -0.396 e. The van der Waals surface area contributed by atoms with Gasteiger partial charge < -0.3 is 5.73 Å². The highest BCUT2D eigenvalue weighted by Crippen LogP contribution is 2.37. The molecule has 0 amide bonds. The summed E-state index contributed by atoms with van der Waals surface area (Å²) < 4.78 is 102. The van der Waals surface area contributed by atoms with Crippen LogP contribution in [0, 0.1) is 5.82 Å². The van der Waals surface area contributed by atoms with Crippen molar-refractivity contribution in [3.05, 3.63) is 53.3 Å². The lowest BCUT2D eigenvalue weighted by Crippen LogP contribution is -2.12. The lowest BCUT2D eigenvalue weighted by molar-refractivity contribution is -0.143. The Morgan fingerprint density at radius 2 is 1.29 bits per heavy atom. The highest BCUT2D eigenvalue weighted by molar-refractivity contribution is 7.85. The minimum absolute atomic E-state index is 0.0791. The number of benzene rings is 2. The summed E-state index contributed by atoms with van der Waals surface area (Å²) in [7, 11) is -2.45. The fourth-order valence-electron chi connectivity index (χ4n) is 1.79. The van der Waals surface area contributed by atoms with Crippen LogP contribution >= 0.6 is 0 Å². The number of hydrogen-bond acceptors (Lipinski definition) is 2. The Bertz CT molecular complexity index is 766. The molecular formula is C14H8F7NOS. The van der Waals surface area contributed by atoms with Crippen LogP contribution in [0.3, 0.4) is 0 Å². The number of anilines is 1. The van der Waals surface area contributed by atoms with Gasteiger partial charge in [-0.05, 0) is 36.4 Å². The summed E-state index contributed by atoms with van der Waals surface area (Å²) in [6, 6.07) is 3.35. The third-order valence-electron chi connectivity index (χ3n) is 2.96. The molecule has 10 heteroatoms. The normalized spacial score (nSPS) is 13.8. The van der Waals surface area contributed by atoms with Crippen molar-refractivity contribution >= 4 is 16.5 Å². The fraction of sp³-hybridized carbons (Fsp3) is 0.143. The van der Waals surface area contributed by atoms with Crippen LogP contribution in [0.4, 0.5) is 36.4 Å². The predicted octanol–water partition coefficient (Wildman–Crippen LogP) is 4.61. The van der Waals surface area contributed by atoms with Crippen molar-refractivity contribution in [2.75, 3.05) is 5.73 Å². The van der Waals surface area contributed by atoms with Gasteiger partial charge in [0.15, 0.2) is 0 Å². The minimum atomic E-state index is -5.06. The smallest absolute Gasteiger partial charge is 0.396 e. The number of nitrogens with two attached hydrogens (primary N) is 1. The molecule has 2 N–H and O–H groups in total. The van der Waals surface area contributed by atoms with Gasteiger partial charge in [-0.3, -0.25) is 0 Å². The lowest BCUT2D eigenvalue weighted by Gasteiger charge is -2.14. The third-order valence-corrected chi connectivity index (χ3v) is 4.31. The van der Waals surface area contributed by atoms with Crippen molar-refractivity contribution in [1.82, 2.24) is 0 Å². The first-order chi connectivity index (χ1) is 10.9. The van der Waals surface area contributed by atoms with E-state index < -0.39 is 45.0 Å². The molecule has 2 aromatic carbocycles. The van der Waals surface area contributed by atoms with E-state index in [0.717, 1.165) is 12.1 Å². The van der Waals surface area contributed by atoms with Crippen LogP contribution in [-0.4, -0.2) is 4.21 Å². The van der Waals surface area contributed by atoms with Gasteiger partial charge in [0.1, 0.15) is 5.82 Å². The second-order valence-corrected chi connectivity index (χ2v) is 6.17. The van der Waals surface area contributed by atoms with Crippen LogP contribution in [0.15, 0.2) is 46.2 Å². The van der Waals surface area contributed by atoms with Crippen molar-refractivity contribution in [2.24, 2.45) is 0 Å². The van der Waals surface area contributed by atoms with Gasteiger partial charge in [-0.25, -0.2) is 8.60 Å². The number of rotatable bonds is 2. The molecule has 0 saturated heterocycles. The van der Waals surface area contributed by atoms with Gasteiger partial charge in [-0.1, -0.05) is 0 Å². The summed E-state index contributed by atoms with van der Waals surface area (Å²) in [6.07, 6.45) is -10.1. The van der Waals surface area contributed by atoms with Gasteiger partial charge in [0.05, 0.1) is 27.6 Å². The van der Waals surface area contributed by atoms with Gasteiger partial charge in [-0.15, -0.1) is 0 Å². The van der Waals surface area contributed by atoms with Crippen molar-refractivity contribution in [3.8, 4) is 0 Å². The van der Waals surface area contributed by atoms with E-state index in [1.165, 1.54) is 0 Å². The number of halogens is 7. The SMILES string of the molecule is Nc1ccc(S(=O)c2cc(C(F)(F)F)cc(C(F)(F)F)c2)cc1F. The maximum atomic E-state index is 13.4. The summed E-state index contributed by atoms with van der Waals surface area (Å²) >= 11 is 0. The zero-order valence-corrected chi connectivity index (χ0v) is 12.3. The number of nitrogen functional groups attached to an aromatic ring is 1. The molecule has 0 aliphatic heterocycles. The van der Waals surface area contributed by atoms with E-state index in [1.807, 2.05) is 0 Å². The molecule has 0 bridgehead atoms. The van der Waals surface area contributed by atoms with Gasteiger partial charge in [-0.2, -0.15) is 26.3 Å². The molecule has 0 heterocycles. The average Bonchev–Trinajstić information content (AvgIpc) is 2.47. The quantitative estimate of drug-likeness (QED) is 0.619. The largest absolute Gasteiger partial charge is 0.416 e. The molecule has 2 aromatic rings. The molecule has 0 radical (unpaired) electrons. The first kappa shape index (κ1) is 18.2. The fourth-order valence-corrected chi connectivity index (χ4v) is 2.94. The van der Waals surface area contributed by atoms with E-state index in [2.05, 4.69) is 0 Å². The molecule has 1 unspecified atom stereocenters. The number of hydrogen-bond donors (Lipinski definition) is 1. The summed E-state index contributed by atoms with van der Waals surface area (Å²) in [5.74, 6) is -0.983. The molecule has 2 rings (SSSR count). The van der Waals surface area contributed by atoms with Crippen LogP contribution in [0.5, 0.6) is 0 Å². The van der Waals surface area contributed by atoms with Crippen LogP contribution in [0.2, 0.25) is 0 Å². The molecular weight excluding hydrogens is 363 g/mol. The number of alkyl halides is 6. The first-order valence-corrected chi connectivity index (χ1v) is 7.31. The standard InChI is InChI=1S/C14H8F7NOS/c15-11-6-9(1-2-12(11)22)24(23)10-4-7(13(16,17)18)3-8(5-10)14(19,20)21/h1-6H,22H2. The van der Waals surface area contributed by atoms with E-state index in [4.69, 9.17) is 5.73 Å². The van der Waals surface area contributed by atoms with Crippen molar-refractivity contribution in [3.63, 3.8) is 0 Å². The summed E-state index contributed by atoms with van der Waals surface area (Å²) in [5, 5.41) is 0. The lowest BCUT2D eigenvalue weighted by atomic mass is 10.1. The second kappa shape index (κ2) is 6.08. The van der Waals surface area contributed by atoms with Crippen LogP contribution in [-0.2, 0) is 23.2 Å². The van der Waals surface area contributed by atoms with Gasteiger partial charge in [0.25, 0.3) is 0 Å². The van der Waals surface area contributed by atoms with E-state index in [-0.39, 0.29) is 16.6 Å². The van der Waals surface area contributed by atoms with Crippen LogP contribution < -0.4 is 5.73 Å². The monoisotopic (exact) mass is 371 g/mol. The molecule has 0 fully saturated rings. The molecule has 2 nitrogen and oxygen atoms in total. The molecule has 130 valence electrons. The Morgan fingerprint density at radius 1 is 0.792 bits per heavy atom. The predicted molar refractivity (Wildman–Crippen MR) is 71.9 cm³/mol. The van der Waals surface area contributed by atoms with Gasteiger partial charge in [0.2, 0.25) is 0 Å². The third kappa shape index (κ3) is 3.86. The van der Waals surface area contributed by atoms with Crippen molar-refractivity contribution < 1.29 is 34.9 Å². The maximum Gasteiger partial charge on any atom is 0.416 e. The molecule has 0 spiro atoms. The Morgan fingerprint density at radius 3 is 1.71 bits per heavy atom. The highest BCUT2D eigenvalue weighted by Gasteiger charge is 2.37. The average molecular weight is 371 g/mol. The summed E-state index contributed by atoms with van der Waals surface area (Å²) in [5.41, 5.74) is 1.72. The Hall–Kier alpha value is -2.10. The van der Waals surface area contributed by atoms with Crippen LogP contribution in [0.25, 0.3) is 0 Å². The molecule has 0 aromatic heterocycles. The van der Waals surface area contributed by atoms with Crippen molar-refractivity contribution in [2.45, 2.75) is 22.1 Å². The zero-order valence-electron chi connectivity index (χ0n) is 11.5. The van der Waals surface area contributed by atoms with E-state index in [9.17, 15) is 34.9 Å². The highest BCUT2D eigenvalue weighted by atomic mass is 32.2.